The molecule has 0 aromatic heterocycles. The molecule has 0 saturated carbocycles. The van der Waals surface area contributed by atoms with Gasteiger partial charge in [-0.1, -0.05) is 41.4 Å². The predicted octanol–water partition coefficient (Wildman–Crippen LogP) is 6.29. The lowest BCUT2D eigenvalue weighted by Crippen LogP contribution is -2.58. The zero-order valence-electron chi connectivity index (χ0n) is 15.4. The number of methoxy groups -OCH3 is 1. The van der Waals surface area contributed by atoms with E-state index in [1.807, 2.05) is 0 Å². The summed E-state index contributed by atoms with van der Waals surface area (Å²) in [7, 11) is 1.24. The van der Waals surface area contributed by atoms with E-state index in [-0.39, 0.29) is 28.7 Å². The Balaban J connectivity index is 2.18. The molecule has 2 aromatic carbocycles. The van der Waals surface area contributed by atoms with Gasteiger partial charge in [0.2, 0.25) is 0 Å². The van der Waals surface area contributed by atoms with Gasteiger partial charge < -0.3 is 9.47 Å². The van der Waals surface area contributed by atoms with Crippen LogP contribution in [0.3, 0.4) is 0 Å². The molecule has 0 spiro atoms. The summed E-state index contributed by atoms with van der Waals surface area (Å²) < 4.78 is 99.1. The molecule has 4 nitrogen and oxygen atoms in total. The van der Waals surface area contributed by atoms with Crippen molar-refractivity contribution in [2.75, 3.05) is 7.11 Å². The third-order valence-electron chi connectivity index (χ3n) is 3.75. The quantitative estimate of drug-likeness (QED) is 0.203. The van der Waals surface area contributed by atoms with Crippen LogP contribution < -0.4 is 14.9 Å². The molecule has 0 amide bonds. The zero-order chi connectivity index (χ0) is 23.4. The highest BCUT2D eigenvalue weighted by Gasteiger charge is 2.73. The van der Waals surface area contributed by atoms with Crippen molar-refractivity contribution < 1.29 is 40.2 Å². The molecule has 0 bridgehead atoms. The van der Waals surface area contributed by atoms with E-state index in [0.29, 0.717) is 22.2 Å². The van der Waals surface area contributed by atoms with Crippen molar-refractivity contribution in [1.82, 2.24) is 5.43 Å². The van der Waals surface area contributed by atoms with Crippen molar-refractivity contribution in [3.05, 3.63) is 57.6 Å². The van der Waals surface area contributed by atoms with Gasteiger partial charge in [-0.2, -0.15) is 35.8 Å². The second-order valence-electron chi connectivity index (χ2n) is 5.93. The fourth-order valence-corrected chi connectivity index (χ4v) is 2.62. The third-order valence-corrected chi connectivity index (χ3v) is 4.40. The maximum atomic E-state index is 13.2. The number of hydrogen-bond donors (Lipinski definition) is 1. The Hall–Kier alpha value is -2.40. The predicted molar refractivity (Wildman–Crippen MR) is 100 cm³/mol. The molecule has 0 aliphatic rings. The van der Waals surface area contributed by atoms with Gasteiger partial charge in [0.15, 0.2) is 11.5 Å². The molecule has 0 saturated heterocycles. The lowest BCUT2D eigenvalue weighted by molar-refractivity contribution is -0.361. The number of halogens is 9. The SMILES string of the molecule is COc1cc(/C=N/NC(F)(F)C(F)(F)C(F)(F)F)cc(Cl)c1OCc1ccccc1Cl. The number of ether oxygens (including phenoxy) is 2. The fraction of sp³-hybridized carbons (Fsp3) is 0.278. The summed E-state index contributed by atoms with van der Waals surface area (Å²) in [6.45, 7) is 0.00346. The Kier molecular flexibility index (Phi) is 7.53. The smallest absolute Gasteiger partial charge is 0.462 e. The number of hydrazone groups is 1. The van der Waals surface area contributed by atoms with Gasteiger partial charge in [-0.3, -0.25) is 0 Å². The highest BCUT2D eigenvalue weighted by atomic mass is 35.5. The molecule has 170 valence electrons. The lowest BCUT2D eigenvalue weighted by atomic mass is 10.2. The minimum Gasteiger partial charge on any atom is -0.493 e. The van der Waals surface area contributed by atoms with Crippen molar-refractivity contribution in [2.24, 2.45) is 5.10 Å². The van der Waals surface area contributed by atoms with Gasteiger partial charge >= 0.3 is 18.1 Å². The van der Waals surface area contributed by atoms with Crippen molar-refractivity contribution >= 4 is 29.4 Å². The van der Waals surface area contributed by atoms with E-state index in [4.69, 9.17) is 32.7 Å². The van der Waals surface area contributed by atoms with Crippen molar-refractivity contribution in [3.63, 3.8) is 0 Å². The number of hydrogen-bond acceptors (Lipinski definition) is 4. The molecule has 0 heterocycles. The van der Waals surface area contributed by atoms with E-state index in [2.05, 4.69) is 5.10 Å². The van der Waals surface area contributed by atoms with Crippen LogP contribution in [-0.4, -0.2) is 31.5 Å². The van der Waals surface area contributed by atoms with Crippen LogP contribution >= 0.6 is 23.2 Å². The van der Waals surface area contributed by atoms with Crippen molar-refractivity contribution in [2.45, 2.75) is 24.8 Å². The number of rotatable bonds is 8. The Labute approximate surface area is 181 Å². The summed E-state index contributed by atoms with van der Waals surface area (Å²) in [5.41, 5.74) is 1.09. The average Bonchev–Trinajstić information content (AvgIpc) is 2.66. The Bertz CT molecular complexity index is 953. The van der Waals surface area contributed by atoms with E-state index in [1.54, 1.807) is 24.3 Å². The summed E-state index contributed by atoms with van der Waals surface area (Å²) in [6.07, 6.45) is -5.92. The summed E-state index contributed by atoms with van der Waals surface area (Å²) in [6, 6.07) is 3.45. The van der Waals surface area contributed by atoms with Crippen LogP contribution in [0.4, 0.5) is 30.7 Å². The van der Waals surface area contributed by atoms with Gasteiger partial charge in [-0.05, 0) is 23.8 Å². The standard InChI is InChI=1S/C18H13Cl2F7N2O2/c1-30-14-7-10(8-28-29-18(26,27)16(21,22)17(23,24)25)6-13(20)15(14)31-9-11-4-2-3-5-12(11)19/h2-8,29H,9H2,1H3/b28-8+. The first-order valence-corrected chi connectivity index (χ1v) is 8.92. The molecular formula is C18H13Cl2F7N2O2. The molecule has 2 rings (SSSR count). The second kappa shape index (κ2) is 9.39. The van der Waals surface area contributed by atoms with E-state index < -0.39 is 18.1 Å². The minimum absolute atomic E-state index is 0.00346. The molecule has 1 N–H and O–H groups in total. The van der Waals surface area contributed by atoms with Gasteiger partial charge in [0.05, 0.1) is 18.3 Å². The summed E-state index contributed by atoms with van der Waals surface area (Å²) in [5.74, 6) is -6.26. The van der Waals surface area contributed by atoms with Gasteiger partial charge in [0, 0.05) is 10.6 Å². The summed E-state index contributed by atoms with van der Waals surface area (Å²) in [4.78, 5) is 0. The van der Waals surface area contributed by atoms with Crippen molar-refractivity contribution in [3.8, 4) is 11.5 Å². The normalized spacial score (nSPS) is 12.8. The fourth-order valence-electron chi connectivity index (χ4n) is 2.16. The first-order valence-electron chi connectivity index (χ1n) is 8.16. The molecule has 0 unspecified atom stereocenters. The molecule has 0 atom stereocenters. The van der Waals surface area contributed by atoms with E-state index in [1.165, 1.54) is 13.2 Å². The first kappa shape index (κ1) is 24.9. The topological polar surface area (TPSA) is 42.8 Å². The first-order chi connectivity index (χ1) is 14.3. The summed E-state index contributed by atoms with van der Waals surface area (Å²) in [5, 5.41) is 3.13. The van der Waals surface area contributed by atoms with Crippen LogP contribution in [-0.2, 0) is 6.61 Å². The largest absolute Gasteiger partial charge is 0.493 e. The number of nitrogens with zero attached hydrogens (tertiary/aromatic N) is 1. The zero-order valence-corrected chi connectivity index (χ0v) is 16.9. The van der Waals surface area contributed by atoms with Gasteiger partial charge in [0.1, 0.15) is 6.61 Å². The van der Waals surface area contributed by atoms with E-state index >= 15 is 0 Å². The Morgan fingerprint density at radius 2 is 1.65 bits per heavy atom. The minimum atomic E-state index is -6.48. The van der Waals surface area contributed by atoms with Crippen LogP contribution in [0.25, 0.3) is 0 Å². The van der Waals surface area contributed by atoms with E-state index in [9.17, 15) is 30.7 Å². The molecule has 0 aliphatic heterocycles. The maximum Gasteiger partial charge on any atom is 0.462 e. The number of alkyl halides is 7. The molecular weight excluding hydrogens is 480 g/mol. The van der Waals surface area contributed by atoms with Gasteiger partial charge in [-0.25, -0.2) is 5.43 Å². The molecule has 0 radical (unpaired) electrons. The lowest BCUT2D eigenvalue weighted by Gasteiger charge is -2.27. The van der Waals surface area contributed by atoms with E-state index in [0.717, 1.165) is 6.07 Å². The molecule has 0 fully saturated rings. The third kappa shape index (κ3) is 5.65. The number of benzene rings is 2. The molecule has 13 heteroatoms. The maximum absolute atomic E-state index is 13.2. The monoisotopic (exact) mass is 492 g/mol. The number of nitrogens with one attached hydrogen (secondary N) is 1. The highest BCUT2D eigenvalue weighted by molar-refractivity contribution is 6.32. The van der Waals surface area contributed by atoms with Gasteiger partial charge in [-0.15, -0.1) is 0 Å². The van der Waals surface area contributed by atoms with Crippen LogP contribution in [0.1, 0.15) is 11.1 Å². The molecule has 0 aliphatic carbocycles. The second-order valence-corrected chi connectivity index (χ2v) is 6.75. The van der Waals surface area contributed by atoms with Gasteiger partial charge in [0.25, 0.3) is 0 Å². The summed E-state index contributed by atoms with van der Waals surface area (Å²) >= 11 is 12.1. The van der Waals surface area contributed by atoms with Crippen LogP contribution in [0, 0.1) is 0 Å². The Morgan fingerprint density at radius 3 is 2.23 bits per heavy atom. The van der Waals surface area contributed by atoms with Crippen LogP contribution in [0.2, 0.25) is 10.0 Å². The van der Waals surface area contributed by atoms with Crippen LogP contribution in [0.5, 0.6) is 11.5 Å². The van der Waals surface area contributed by atoms with Crippen molar-refractivity contribution in [1.29, 1.82) is 0 Å². The molecule has 31 heavy (non-hydrogen) atoms. The van der Waals surface area contributed by atoms with Crippen LogP contribution in [0.15, 0.2) is 41.5 Å². The Morgan fingerprint density at radius 1 is 1.00 bits per heavy atom. The highest BCUT2D eigenvalue weighted by Crippen LogP contribution is 2.45. The molecule has 2 aromatic rings. The average molecular weight is 493 g/mol.